The second-order valence-corrected chi connectivity index (χ2v) is 11.0. The van der Waals surface area contributed by atoms with Crippen molar-refractivity contribution in [3.63, 3.8) is 0 Å². The zero-order valence-electron chi connectivity index (χ0n) is 21.3. The van der Waals surface area contributed by atoms with Crippen molar-refractivity contribution >= 4 is 40.6 Å². The molecule has 0 unspecified atom stereocenters. The van der Waals surface area contributed by atoms with Crippen LogP contribution in [0.5, 0.6) is 0 Å². The monoisotopic (exact) mass is 509 g/mol. The van der Waals surface area contributed by atoms with Gasteiger partial charge in [-0.15, -0.1) is 0 Å². The number of ether oxygens (including phenoxy) is 1. The lowest BCUT2D eigenvalue weighted by atomic mass is 10.1. The Morgan fingerprint density at radius 2 is 1.19 bits per heavy atom. The number of benzene rings is 4. The van der Waals surface area contributed by atoms with Crippen LogP contribution in [0.25, 0.3) is 0 Å². The first-order valence-electron chi connectivity index (χ1n) is 12.4. The molecule has 37 heavy (non-hydrogen) atoms. The summed E-state index contributed by atoms with van der Waals surface area (Å²) < 4.78 is 5.81. The van der Waals surface area contributed by atoms with Crippen LogP contribution < -0.4 is 15.5 Å². The van der Waals surface area contributed by atoms with E-state index >= 15 is 0 Å². The molecule has 5 nitrogen and oxygen atoms in total. The summed E-state index contributed by atoms with van der Waals surface area (Å²) in [4.78, 5) is 17.1. The Balaban J connectivity index is 1.43. The molecule has 0 atom stereocenters. The van der Waals surface area contributed by atoms with Gasteiger partial charge < -0.3 is 15.4 Å². The number of amides is 1. The first-order valence-corrected chi connectivity index (χ1v) is 13.2. The van der Waals surface area contributed by atoms with Crippen molar-refractivity contribution in [2.75, 3.05) is 15.5 Å². The number of hydrogen-bond donors (Lipinski definition) is 2. The van der Waals surface area contributed by atoms with E-state index in [2.05, 4.69) is 47.0 Å². The molecular formula is C31H31N3O2S. The van der Waals surface area contributed by atoms with Crippen molar-refractivity contribution in [1.29, 1.82) is 0 Å². The zero-order chi connectivity index (χ0) is 25.8. The fourth-order valence-corrected chi connectivity index (χ4v) is 5.27. The number of nitrogens with one attached hydrogen (secondary N) is 2. The predicted molar refractivity (Wildman–Crippen MR) is 153 cm³/mol. The third-order valence-electron chi connectivity index (χ3n) is 5.88. The van der Waals surface area contributed by atoms with Gasteiger partial charge in [0.05, 0.1) is 11.4 Å². The third kappa shape index (κ3) is 6.09. The van der Waals surface area contributed by atoms with Crippen LogP contribution in [0.15, 0.2) is 107 Å². The minimum Gasteiger partial charge on any atom is -0.443 e. The average molecular weight is 510 g/mol. The fraction of sp³-hybridized carbons (Fsp3) is 0.194. The van der Waals surface area contributed by atoms with Gasteiger partial charge in [0.25, 0.3) is 0 Å². The number of rotatable bonds is 6. The molecule has 2 N–H and O–H groups in total. The summed E-state index contributed by atoms with van der Waals surface area (Å²) >= 11 is 1.66. The Bertz CT molecular complexity index is 1290. The Kier molecular flexibility index (Phi) is 7.10. The van der Waals surface area contributed by atoms with Crippen molar-refractivity contribution in [1.82, 2.24) is 0 Å². The molecule has 5 rings (SSSR count). The number of carbonyl (C=O) groups excluding carboxylic acids is 1. The summed E-state index contributed by atoms with van der Waals surface area (Å²) in [6.45, 7) is 7.12. The van der Waals surface area contributed by atoms with Gasteiger partial charge in [-0.05, 0) is 68.3 Å². The highest BCUT2D eigenvalue weighted by atomic mass is 32.2. The second kappa shape index (κ2) is 10.6. The smallest absolute Gasteiger partial charge is 0.419 e. The van der Waals surface area contributed by atoms with Gasteiger partial charge in [0.1, 0.15) is 5.60 Å². The minimum absolute atomic E-state index is 0.384. The molecule has 0 radical (unpaired) electrons. The summed E-state index contributed by atoms with van der Waals surface area (Å²) in [5.74, 6) is 0. The quantitative estimate of drug-likeness (QED) is 0.273. The Hall–Kier alpha value is -3.90. The normalized spacial score (nSPS) is 12.4. The molecule has 188 valence electrons. The molecule has 0 spiro atoms. The molecule has 4 aromatic rings. The molecule has 6 heteroatoms. The van der Waals surface area contributed by atoms with Gasteiger partial charge in [0.15, 0.2) is 0 Å². The molecule has 0 bridgehead atoms. The molecule has 0 saturated carbocycles. The molecule has 1 aliphatic heterocycles. The van der Waals surface area contributed by atoms with E-state index in [4.69, 9.17) is 4.74 Å². The summed E-state index contributed by atoms with van der Waals surface area (Å²) in [6.07, 6.45) is -0.384. The van der Waals surface area contributed by atoms with E-state index in [0.29, 0.717) is 0 Å². The van der Waals surface area contributed by atoms with Gasteiger partial charge in [-0.2, -0.15) is 0 Å². The SMILES string of the molecule is CC(C)(C)OC(=O)N1c2ccc(NCc3ccccc3)cc2Sc2cc(NCc3ccccc3)ccc21. The van der Waals surface area contributed by atoms with Gasteiger partial charge >= 0.3 is 6.09 Å². The van der Waals surface area contributed by atoms with Gasteiger partial charge in [-0.3, -0.25) is 0 Å². The largest absolute Gasteiger partial charge is 0.443 e. The molecule has 0 fully saturated rings. The Morgan fingerprint density at radius 3 is 1.62 bits per heavy atom. The van der Waals surface area contributed by atoms with E-state index in [1.807, 2.05) is 81.4 Å². The molecule has 0 aliphatic carbocycles. The van der Waals surface area contributed by atoms with Crippen LogP contribution in [0.2, 0.25) is 0 Å². The highest BCUT2D eigenvalue weighted by Gasteiger charge is 2.32. The molecule has 1 aliphatic rings. The molecule has 1 heterocycles. The van der Waals surface area contributed by atoms with E-state index in [1.54, 1.807) is 16.7 Å². The van der Waals surface area contributed by atoms with Crippen LogP contribution in [0.3, 0.4) is 0 Å². The number of nitrogens with zero attached hydrogens (tertiary/aromatic N) is 1. The molecule has 1 amide bonds. The third-order valence-corrected chi connectivity index (χ3v) is 6.97. The summed E-state index contributed by atoms with van der Waals surface area (Å²) in [7, 11) is 0. The van der Waals surface area contributed by atoms with Crippen LogP contribution in [-0.4, -0.2) is 11.7 Å². The van der Waals surface area contributed by atoms with Gasteiger partial charge in [0.2, 0.25) is 0 Å². The van der Waals surface area contributed by atoms with Crippen LogP contribution in [-0.2, 0) is 17.8 Å². The average Bonchev–Trinajstić information content (AvgIpc) is 2.89. The second-order valence-electron chi connectivity index (χ2n) is 9.96. The van der Waals surface area contributed by atoms with E-state index in [1.165, 1.54) is 11.1 Å². The lowest BCUT2D eigenvalue weighted by molar-refractivity contribution is 0.0597. The van der Waals surface area contributed by atoms with E-state index in [0.717, 1.165) is 45.6 Å². The van der Waals surface area contributed by atoms with Crippen molar-refractivity contribution in [2.24, 2.45) is 0 Å². The number of carbonyl (C=O) groups is 1. The van der Waals surface area contributed by atoms with E-state index in [9.17, 15) is 4.79 Å². The standard InChI is InChI=1S/C31H31N3O2S/c1-31(2,3)36-30(35)34-26-16-14-24(32-20-22-10-6-4-7-11-22)18-28(26)37-29-19-25(15-17-27(29)34)33-21-23-12-8-5-9-13-23/h4-19,32-33H,20-21H2,1-3H3. The number of hydrogen-bond acceptors (Lipinski definition) is 5. The van der Waals surface area contributed by atoms with Crippen molar-refractivity contribution < 1.29 is 9.53 Å². The topological polar surface area (TPSA) is 53.6 Å². The molecule has 0 aromatic heterocycles. The fourth-order valence-electron chi connectivity index (χ4n) is 4.13. The number of anilines is 4. The maximum Gasteiger partial charge on any atom is 0.419 e. The maximum atomic E-state index is 13.4. The van der Waals surface area contributed by atoms with E-state index < -0.39 is 5.60 Å². The van der Waals surface area contributed by atoms with Gasteiger partial charge in [0, 0.05) is 34.3 Å². The Labute approximate surface area is 222 Å². The van der Waals surface area contributed by atoms with Crippen molar-refractivity contribution in [3.8, 4) is 0 Å². The first-order chi connectivity index (χ1) is 17.9. The number of fused-ring (bicyclic) bond motifs is 2. The van der Waals surface area contributed by atoms with Gasteiger partial charge in [-0.25, -0.2) is 9.69 Å². The molecule has 4 aromatic carbocycles. The summed E-state index contributed by atoms with van der Waals surface area (Å²) in [5.41, 5.74) is 5.47. The Morgan fingerprint density at radius 1 is 0.730 bits per heavy atom. The van der Waals surface area contributed by atoms with Crippen molar-refractivity contribution in [2.45, 2.75) is 49.3 Å². The van der Waals surface area contributed by atoms with Crippen LogP contribution in [0.1, 0.15) is 31.9 Å². The lowest BCUT2D eigenvalue weighted by Gasteiger charge is -2.33. The predicted octanol–water partition coefficient (Wildman–Crippen LogP) is 8.45. The first kappa shape index (κ1) is 24.8. The zero-order valence-corrected chi connectivity index (χ0v) is 22.1. The summed E-state index contributed by atoms with van der Waals surface area (Å²) in [5, 5.41) is 7.01. The van der Waals surface area contributed by atoms with Crippen LogP contribution in [0, 0.1) is 0 Å². The highest BCUT2D eigenvalue weighted by molar-refractivity contribution is 7.99. The molecule has 0 saturated heterocycles. The van der Waals surface area contributed by atoms with Crippen LogP contribution >= 0.6 is 11.8 Å². The minimum atomic E-state index is -0.601. The summed E-state index contributed by atoms with van der Waals surface area (Å²) in [6, 6.07) is 32.8. The van der Waals surface area contributed by atoms with E-state index in [-0.39, 0.29) is 6.09 Å². The molecular weight excluding hydrogens is 478 g/mol. The maximum absolute atomic E-state index is 13.4. The lowest BCUT2D eigenvalue weighted by Crippen LogP contribution is -2.35. The van der Waals surface area contributed by atoms with Crippen LogP contribution in [0.4, 0.5) is 27.5 Å². The van der Waals surface area contributed by atoms with Crippen molar-refractivity contribution in [3.05, 3.63) is 108 Å². The van der Waals surface area contributed by atoms with Gasteiger partial charge in [-0.1, -0.05) is 72.4 Å². The highest BCUT2D eigenvalue weighted by Crippen LogP contribution is 2.50.